The van der Waals surface area contributed by atoms with Gasteiger partial charge in [-0.25, -0.2) is 14.4 Å². The molecule has 0 bridgehead atoms. The van der Waals surface area contributed by atoms with Crippen molar-refractivity contribution in [2.45, 2.75) is 6.18 Å². The molecule has 0 spiro atoms. The van der Waals surface area contributed by atoms with Gasteiger partial charge in [0.15, 0.2) is 23.0 Å². The smallest absolute Gasteiger partial charge is 0.434 e. The molecule has 0 aliphatic rings. The molecule has 0 aliphatic heterocycles. The number of carbonyl (C=O) groups is 1. The number of rotatable bonds is 5. The molecule has 7 nitrogen and oxygen atoms in total. The minimum Gasteiger partial charge on any atom is -0.453 e. The van der Waals surface area contributed by atoms with E-state index in [2.05, 4.69) is 9.97 Å². The van der Waals surface area contributed by atoms with Crippen LogP contribution in [0.15, 0.2) is 60.8 Å². The summed E-state index contributed by atoms with van der Waals surface area (Å²) in [6, 6.07) is 12.4. The van der Waals surface area contributed by atoms with Crippen LogP contribution in [0.3, 0.4) is 0 Å². The number of hydrogen-bond donors (Lipinski definition) is 2. The van der Waals surface area contributed by atoms with E-state index in [9.17, 15) is 22.4 Å². The predicted molar refractivity (Wildman–Crippen MR) is 124 cm³/mol. The molecule has 0 fully saturated rings. The van der Waals surface area contributed by atoms with Crippen LogP contribution < -0.4 is 16.2 Å². The molecule has 4 rings (SSSR count). The van der Waals surface area contributed by atoms with E-state index in [1.165, 1.54) is 48.7 Å². The third kappa shape index (κ3) is 4.40. The topological polar surface area (TPSA) is 109 Å². The first kappa shape index (κ1) is 23.5. The lowest BCUT2D eigenvalue weighted by Crippen LogP contribution is -2.21. The van der Waals surface area contributed by atoms with Gasteiger partial charge in [-0.05, 0) is 52.9 Å². The molecule has 0 aliphatic carbocycles. The van der Waals surface area contributed by atoms with Crippen LogP contribution in [0, 0.1) is 9.39 Å². The maximum absolute atomic E-state index is 15.0. The van der Waals surface area contributed by atoms with Crippen molar-refractivity contribution >= 4 is 34.3 Å². The van der Waals surface area contributed by atoms with Gasteiger partial charge in [0.25, 0.3) is 5.91 Å². The van der Waals surface area contributed by atoms with Crippen molar-refractivity contribution in [3.63, 3.8) is 0 Å². The van der Waals surface area contributed by atoms with Crippen molar-refractivity contribution < 1.29 is 27.1 Å². The van der Waals surface area contributed by atoms with E-state index in [1.54, 1.807) is 6.07 Å². The number of amides is 1. The quantitative estimate of drug-likeness (QED) is 0.249. The second-order valence-corrected chi connectivity index (χ2v) is 8.00. The van der Waals surface area contributed by atoms with Crippen molar-refractivity contribution in [3.05, 3.63) is 81.6 Å². The molecule has 34 heavy (non-hydrogen) atoms. The predicted octanol–water partition coefficient (Wildman–Crippen LogP) is 5.17. The van der Waals surface area contributed by atoms with Gasteiger partial charge in [0, 0.05) is 23.5 Å². The highest BCUT2D eigenvalue weighted by molar-refractivity contribution is 14.1. The number of para-hydroxylation sites is 1. The van der Waals surface area contributed by atoms with E-state index >= 15 is 0 Å². The number of anilines is 1. The fourth-order valence-electron chi connectivity index (χ4n) is 3.24. The molecule has 0 saturated heterocycles. The lowest BCUT2D eigenvalue weighted by Gasteiger charge is -2.15. The Balaban J connectivity index is 1.87. The highest BCUT2D eigenvalue weighted by Crippen LogP contribution is 2.39. The maximum Gasteiger partial charge on any atom is 0.434 e. The van der Waals surface area contributed by atoms with E-state index in [-0.39, 0.29) is 34.4 Å². The number of imidazole rings is 1. The van der Waals surface area contributed by atoms with E-state index in [4.69, 9.17) is 16.2 Å². The van der Waals surface area contributed by atoms with Crippen LogP contribution in [0.4, 0.5) is 23.4 Å². The minimum absolute atomic E-state index is 0.0318. The lowest BCUT2D eigenvalue weighted by atomic mass is 10.2. The number of ether oxygens (including phenoxy) is 1. The zero-order valence-electron chi connectivity index (χ0n) is 17.0. The van der Waals surface area contributed by atoms with Gasteiger partial charge in [-0.2, -0.15) is 13.2 Å². The summed E-state index contributed by atoms with van der Waals surface area (Å²) in [6.07, 6.45) is -3.58. The summed E-state index contributed by atoms with van der Waals surface area (Å²) in [7, 11) is 0. The summed E-state index contributed by atoms with van der Waals surface area (Å²) >= 11 is 1.89. The highest BCUT2D eigenvalue weighted by Gasteiger charge is 2.42. The number of carbonyl (C=O) groups excluding carboxylic acids is 1. The summed E-state index contributed by atoms with van der Waals surface area (Å²) in [6.45, 7) is 0. The Bertz CT molecular complexity index is 1390. The maximum atomic E-state index is 15.0. The Labute approximate surface area is 203 Å². The fraction of sp³-hybridized carbons (Fsp3) is 0.0455. The van der Waals surface area contributed by atoms with E-state index in [1.807, 2.05) is 22.6 Å². The van der Waals surface area contributed by atoms with Crippen LogP contribution in [0.1, 0.15) is 16.2 Å². The molecule has 0 saturated carbocycles. The normalized spacial score (nSPS) is 11.4. The van der Waals surface area contributed by atoms with Crippen LogP contribution in [0.25, 0.3) is 17.1 Å². The number of nitrogens with two attached hydrogens (primary N) is 2. The van der Waals surface area contributed by atoms with E-state index < -0.39 is 29.3 Å². The summed E-state index contributed by atoms with van der Waals surface area (Å²) in [5.41, 5.74) is 8.61. The van der Waals surface area contributed by atoms with E-state index in [0.29, 0.717) is 3.57 Å². The van der Waals surface area contributed by atoms with Gasteiger partial charge >= 0.3 is 6.18 Å². The van der Waals surface area contributed by atoms with Crippen molar-refractivity contribution in [2.24, 2.45) is 5.73 Å². The van der Waals surface area contributed by atoms with Gasteiger partial charge in [0.1, 0.15) is 17.4 Å². The standard InChI is InChI=1S/C22H14F4IN5O2/c23-13-10-11(6-7-14(13)34-15-8-9-30-19(28)16(15)27)21-31-17(20(29)33)18(22(24,25)26)32(21)12-4-2-1-3-5-12/h1-10H,(H2,28,30)(H2,29,33). The first-order valence-electron chi connectivity index (χ1n) is 9.51. The molecule has 1 amide bonds. The first-order valence-corrected chi connectivity index (χ1v) is 10.6. The van der Waals surface area contributed by atoms with Crippen LogP contribution in [-0.2, 0) is 6.18 Å². The number of pyridine rings is 1. The van der Waals surface area contributed by atoms with Crippen molar-refractivity contribution in [2.75, 3.05) is 5.73 Å². The number of nitrogen functional groups attached to an aromatic ring is 1. The van der Waals surface area contributed by atoms with Crippen LogP contribution in [0.2, 0.25) is 0 Å². The Morgan fingerprint density at radius 3 is 2.38 bits per heavy atom. The lowest BCUT2D eigenvalue weighted by molar-refractivity contribution is -0.142. The number of nitrogens with zero attached hydrogens (tertiary/aromatic N) is 3. The molecule has 2 aromatic heterocycles. The molecule has 2 aromatic carbocycles. The van der Waals surface area contributed by atoms with Crippen molar-refractivity contribution in [1.29, 1.82) is 0 Å². The third-order valence-electron chi connectivity index (χ3n) is 4.68. The number of alkyl halides is 3. The SMILES string of the molecule is NC(=O)c1nc(-c2ccc(Oc3ccnc(N)c3I)c(F)c2)n(-c2ccccc2)c1C(F)(F)F. The number of primary amides is 1. The van der Waals surface area contributed by atoms with E-state index in [0.717, 1.165) is 10.6 Å². The second-order valence-electron chi connectivity index (χ2n) is 6.92. The van der Waals surface area contributed by atoms with Crippen molar-refractivity contribution in [1.82, 2.24) is 14.5 Å². The Hall–Kier alpha value is -3.68. The molecular formula is C22H14F4IN5O2. The van der Waals surface area contributed by atoms with Crippen molar-refractivity contribution in [3.8, 4) is 28.6 Å². The van der Waals surface area contributed by atoms with Crippen LogP contribution in [-0.4, -0.2) is 20.4 Å². The number of halogens is 5. The molecule has 2 heterocycles. The third-order valence-corrected chi connectivity index (χ3v) is 5.77. The number of aromatic nitrogens is 3. The van der Waals surface area contributed by atoms with Gasteiger partial charge in [-0.3, -0.25) is 9.36 Å². The highest BCUT2D eigenvalue weighted by atomic mass is 127. The first-order chi connectivity index (χ1) is 16.1. The zero-order valence-corrected chi connectivity index (χ0v) is 19.1. The Kier molecular flexibility index (Phi) is 6.17. The van der Waals surface area contributed by atoms with Gasteiger partial charge in [0.05, 0.1) is 3.57 Å². The van der Waals surface area contributed by atoms with Gasteiger partial charge < -0.3 is 16.2 Å². The molecule has 4 N–H and O–H groups in total. The monoisotopic (exact) mass is 583 g/mol. The summed E-state index contributed by atoms with van der Waals surface area (Å²) < 4.78 is 63.6. The molecule has 0 unspecified atom stereocenters. The van der Waals surface area contributed by atoms with Crippen LogP contribution in [0.5, 0.6) is 11.5 Å². The molecule has 0 radical (unpaired) electrons. The average molecular weight is 583 g/mol. The fourth-order valence-corrected chi connectivity index (χ4v) is 3.67. The van der Waals surface area contributed by atoms with Gasteiger partial charge in [-0.1, -0.05) is 18.2 Å². The zero-order chi connectivity index (χ0) is 24.6. The summed E-state index contributed by atoms with van der Waals surface area (Å²) in [5, 5.41) is 0. The summed E-state index contributed by atoms with van der Waals surface area (Å²) in [4.78, 5) is 19.6. The molecular weight excluding hydrogens is 569 g/mol. The molecule has 4 aromatic rings. The molecule has 0 atom stereocenters. The van der Waals surface area contributed by atoms with Gasteiger partial charge in [-0.15, -0.1) is 0 Å². The van der Waals surface area contributed by atoms with Gasteiger partial charge in [0.2, 0.25) is 0 Å². The molecule has 12 heteroatoms. The Morgan fingerprint density at radius 2 is 1.76 bits per heavy atom. The average Bonchev–Trinajstić information content (AvgIpc) is 3.20. The largest absolute Gasteiger partial charge is 0.453 e. The second kappa shape index (κ2) is 8.93. The Morgan fingerprint density at radius 1 is 1.06 bits per heavy atom. The minimum atomic E-state index is -4.97. The summed E-state index contributed by atoms with van der Waals surface area (Å²) in [5.74, 6) is -2.31. The number of hydrogen-bond acceptors (Lipinski definition) is 5. The number of benzene rings is 2. The van der Waals surface area contributed by atoms with Crippen LogP contribution >= 0.6 is 22.6 Å². The molecule has 174 valence electrons.